The molecule has 0 saturated carbocycles. The second-order valence-electron chi connectivity index (χ2n) is 4.40. The summed E-state index contributed by atoms with van der Waals surface area (Å²) in [5.41, 5.74) is 7.27. The minimum atomic E-state index is -0.348. The number of ether oxygens (including phenoxy) is 1. The smallest absolute Gasteiger partial charge is 0.274 e. The Balaban J connectivity index is 2.22. The molecule has 0 spiro atoms. The Kier molecular flexibility index (Phi) is 3.78. The molecule has 0 aliphatic carbocycles. The minimum absolute atomic E-state index is 0.000825. The summed E-state index contributed by atoms with van der Waals surface area (Å²) < 4.78 is 5.48. The molecule has 6 nitrogen and oxygen atoms in total. The van der Waals surface area contributed by atoms with Crippen molar-refractivity contribution in [2.24, 2.45) is 5.73 Å². The lowest BCUT2D eigenvalue weighted by atomic mass is 10.1. The summed E-state index contributed by atoms with van der Waals surface area (Å²) in [5, 5.41) is 10.9. The fourth-order valence-corrected chi connectivity index (χ4v) is 2.09. The highest BCUT2D eigenvalue weighted by Gasteiger charge is 2.21. The first-order valence-corrected chi connectivity index (χ1v) is 5.93. The van der Waals surface area contributed by atoms with E-state index in [2.05, 4.69) is 4.90 Å². The van der Waals surface area contributed by atoms with Gasteiger partial charge in [0.2, 0.25) is 0 Å². The first-order chi connectivity index (χ1) is 8.61. The third kappa shape index (κ3) is 2.60. The van der Waals surface area contributed by atoms with Crippen molar-refractivity contribution in [3.63, 3.8) is 0 Å². The van der Waals surface area contributed by atoms with Crippen LogP contribution in [-0.2, 0) is 4.74 Å². The minimum Gasteiger partial charge on any atom is -0.373 e. The van der Waals surface area contributed by atoms with Crippen LogP contribution in [0.3, 0.4) is 0 Å². The molecule has 1 heterocycles. The van der Waals surface area contributed by atoms with E-state index in [1.54, 1.807) is 19.1 Å². The van der Waals surface area contributed by atoms with Crippen LogP contribution in [0.5, 0.6) is 0 Å². The van der Waals surface area contributed by atoms with Crippen molar-refractivity contribution in [2.75, 3.05) is 31.1 Å². The summed E-state index contributed by atoms with van der Waals surface area (Å²) in [4.78, 5) is 12.6. The van der Waals surface area contributed by atoms with Crippen LogP contribution in [0.4, 0.5) is 11.4 Å². The van der Waals surface area contributed by atoms with E-state index < -0.39 is 0 Å². The zero-order valence-electron chi connectivity index (χ0n) is 10.3. The third-order valence-electron chi connectivity index (χ3n) is 3.16. The fraction of sp³-hybridized carbons (Fsp3) is 0.500. The van der Waals surface area contributed by atoms with Gasteiger partial charge in [-0.15, -0.1) is 0 Å². The van der Waals surface area contributed by atoms with Gasteiger partial charge in [-0.2, -0.15) is 0 Å². The lowest BCUT2D eigenvalue weighted by molar-refractivity contribution is -0.385. The highest BCUT2D eigenvalue weighted by Crippen LogP contribution is 2.26. The Morgan fingerprint density at radius 2 is 2.39 bits per heavy atom. The summed E-state index contributed by atoms with van der Waals surface area (Å²) in [6.07, 6.45) is -0.000825. The summed E-state index contributed by atoms with van der Waals surface area (Å²) in [6, 6.07) is 5.30. The zero-order chi connectivity index (χ0) is 13.1. The van der Waals surface area contributed by atoms with E-state index in [1.165, 1.54) is 0 Å². The van der Waals surface area contributed by atoms with Crippen molar-refractivity contribution in [1.29, 1.82) is 0 Å². The van der Waals surface area contributed by atoms with Crippen molar-refractivity contribution in [2.45, 2.75) is 13.0 Å². The average Bonchev–Trinajstić information content (AvgIpc) is 2.39. The lowest BCUT2D eigenvalue weighted by Gasteiger charge is -2.33. The molecule has 0 bridgehead atoms. The number of nitro benzene ring substituents is 1. The molecule has 0 radical (unpaired) electrons. The van der Waals surface area contributed by atoms with Crippen molar-refractivity contribution in [3.05, 3.63) is 33.9 Å². The van der Waals surface area contributed by atoms with E-state index in [0.29, 0.717) is 25.3 Å². The van der Waals surface area contributed by atoms with Crippen LogP contribution in [-0.4, -0.2) is 37.3 Å². The fourth-order valence-electron chi connectivity index (χ4n) is 2.09. The van der Waals surface area contributed by atoms with Crippen LogP contribution in [0.25, 0.3) is 0 Å². The normalized spacial score (nSPS) is 19.9. The second-order valence-corrected chi connectivity index (χ2v) is 4.40. The Morgan fingerprint density at radius 3 is 3.06 bits per heavy atom. The molecule has 0 aromatic heterocycles. The Morgan fingerprint density at radius 1 is 1.61 bits per heavy atom. The summed E-state index contributed by atoms with van der Waals surface area (Å²) in [6.45, 7) is 4.21. The first-order valence-electron chi connectivity index (χ1n) is 5.93. The van der Waals surface area contributed by atoms with Crippen LogP contribution >= 0.6 is 0 Å². The van der Waals surface area contributed by atoms with Crippen LogP contribution in [0.1, 0.15) is 5.56 Å². The first kappa shape index (κ1) is 12.8. The number of aryl methyl sites for hydroxylation is 1. The molecule has 98 valence electrons. The number of hydrogen-bond acceptors (Lipinski definition) is 5. The largest absolute Gasteiger partial charge is 0.373 e. The molecule has 2 rings (SSSR count). The molecular weight excluding hydrogens is 234 g/mol. The van der Waals surface area contributed by atoms with E-state index in [4.69, 9.17) is 10.5 Å². The molecule has 18 heavy (non-hydrogen) atoms. The van der Waals surface area contributed by atoms with Crippen LogP contribution in [0, 0.1) is 17.0 Å². The van der Waals surface area contributed by atoms with Crippen molar-refractivity contribution >= 4 is 11.4 Å². The SMILES string of the molecule is Cc1ccc(N2CCOC(CN)C2)cc1[N+](=O)[O-]. The molecule has 1 saturated heterocycles. The van der Waals surface area contributed by atoms with E-state index in [1.807, 2.05) is 6.07 Å². The van der Waals surface area contributed by atoms with E-state index in [0.717, 1.165) is 12.2 Å². The number of nitrogens with zero attached hydrogens (tertiary/aromatic N) is 2. The van der Waals surface area contributed by atoms with Crippen LogP contribution in [0.15, 0.2) is 18.2 Å². The third-order valence-corrected chi connectivity index (χ3v) is 3.16. The van der Waals surface area contributed by atoms with Gasteiger partial charge in [0.25, 0.3) is 5.69 Å². The topological polar surface area (TPSA) is 81.6 Å². The van der Waals surface area contributed by atoms with Crippen LogP contribution in [0.2, 0.25) is 0 Å². The second kappa shape index (κ2) is 5.32. The standard InChI is InChI=1S/C12H17N3O3/c1-9-2-3-10(6-12(9)15(16)17)14-4-5-18-11(7-13)8-14/h2-3,6,11H,4-5,7-8,13H2,1H3. The average molecular weight is 251 g/mol. The van der Waals surface area contributed by atoms with Gasteiger partial charge < -0.3 is 15.4 Å². The number of nitro groups is 1. The molecule has 1 fully saturated rings. The van der Waals surface area contributed by atoms with Gasteiger partial charge in [-0.05, 0) is 13.0 Å². The molecule has 1 aliphatic rings. The van der Waals surface area contributed by atoms with Gasteiger partial charge >= 0.3 is 0 Å². The van der Waals surface area contributed by atoms with Gasteiger partial charge in [-0.3, -0.25) is 10.1 Å². The molecule has 1 aromatic carbocycles. The molecule has 1 unspecified atom stereocenters. The quantitative estimate of drug-likeness (QED) is 0.642. The van der Waals surface area contributed by atoms with E-state index in [-0.39, 0.29) is 16.7 Å². The maximum Gasteiger partial charge on any atom is 0.274 e. The van der Waals surface area contributed by atoms with Gasteiger partial charge in [-0.25, -0.2) is 0 Å². The number of hydrogen-bond donors (Lipinski definition) is 1. The monoisotopic (exact) mass is 251 g/mol. The molecule has 2 N–H and O–H groups in total. The molecule has 1 atom stereocenters. The van der Waals surface area contributed by atoms with E-state index >= 15 is 0 Å². The maximum absolute atomic E-state index is 10.9. The van der Waals surface area contributed by atoms with Gasteiger partial charge in [0.05, 0.1) is 17.6 Å². The van der Waals surface area contributed by atoms with E-state index in [9.17, 15) is 10.1 Å². The predicted molar refractivity (Wildman–Crippen MR) is 68.8 cm³/mol. The maximum atomic E-state index is 10.9. The summed E-state index contributed by atoms with van der Waals surface area (Å²) in [7, 11) is 0. The summed E-state index contributed by atoms with van der Waals surface area (Å²) >= 11 is 0. The van der Waals surface area contributed by atoms with Crippen molar-refractivity contribution in [3.8, 4) is 0 Å². The molecular formula is C12H17N3O3. The summed E-state index contributed by atoms with van der Waals surface area (Å²) in [5.74, 6) is 0. The molecule has 1 aliphatic heterocycles. The van der Waals surface area contributed by atoms with Gasteiger partial charge in [0.15, 0.2) is 0 Å². The van der Waals surface area contributed by atoms with Gasteiger partial charge in [-0.1, -0.05) is 6.07 Å². The lowest BCUT2D eigenvalue weighted by Crippen LogP contribution is -2.45. The van der Waals surface area contributed by atoms with Crippen molar-refractivity contribution < 1.29 is 9.66 Å². The Bertz CT molecular complexity index is 450. The molecule has 6 heteroatoms. The zero-order valence-corrected chi connectivity index (χ0v) is 10.3. The molecule has 0 amide bonds. The number of rotatable bonds is 3. The number of nitrogens with two attached hydrogens (primary N) is 1. The Labute approximate surface area is 105 Å². The highest BCUT2D eigenvalue weighted by atomic mass is 16.6. The van der Waals surface area contributed by atoms with Crippen molar-refractivity contribution in [1.82, 2.24) is 0 Å². The predicted octanol–water partition coefficient (Wildman–Crippen LogP) is 1.07. The highest BCUT2D eigenvalue weighted by molar-refractivity contribution is 5.56. The van der Waals surface area contributed by atoms with Gasteiger partial charge in [0.1, 0.15) is 0 Å². The van der Waals surface area contributed by atoms with Crippen LogP contribution < -0.4 is 10.6 Å². The Hall–Kier alpha value is -1.66. The number of anilines is 1. The number of benzene rings is 1. The molecule has 1 aromatic rings. The van der Waals surface area contributed by atoms with Gasteiger partial charge in [0, 0.05) is 37.0 Å². The number of morpholine rings is 1.